The van der Waals surface area contributed by atoms with Crippen LogP contribution in [0.2, 0.25) is 5.02 Å². The van der Waals surface area contributed by atoms with Crippen molar-refractivity contribution in [2.24, 2.45) is 5.92 Å². The van der Waals surface area contributed by atoms with Gasteiger partial charge >= 0.3 is 5.97 Å². The molecule has 1 heterocycles. The summed E-state index contributed by atoms with van der Waals surface area (Å²) in [6.45, 7) is 0.326. The molecule has 2 atom stereocenters. The van der Waals surface area contributed by atoms with Gasteiger partial charge in [-0.1, -0.05) is 35.9 Å². The Hall–Kier alpha value is -3.64. The Morgan fingerprint density at radius 2 is 1.71 bits per heavy atom. The Kier molecular flexibility index (Phi) is 7.28. The number of anilines is 1. The molecule has 0 N–H and O–H groups in total. The highest BCUT2D eigenvalue weighted by Crippen LogP contribution is 2.45. The van der Waals surface area contributed by atoms with Crippen molar-refractivity contribution in [3.8, 4) is 5.75 Å². The lowest BCUT2D eigenvalue weighted by molar-refractivity contribution is -0.134. The molecule has 1 aliphatic heterocycles. The highest BCUT2D eigenvalue weighted by Gasteiger charge is 2.48. The lowest BCUT2D eigenvalue weighted by Gasteiger charge is -2.47. The molecular formula is C27H23ClFNO4. The van der Waals surface area contributed by atoms with Gasteiger partial charge in [-0.25, -0.2) is 9.18 Å². The molecule has 1 aliphatic rings. The van der Waals surface area contributed by atoms with E-state index in [4.69, 9.17) is 16.3 Å². The Labute approximate surface area is 202 Å². The number of amides is 1. The molecule has 34 heavy (non-hydrogen) atoms. The number of hydrogen-bond donors (Lipinski definition) is 0. The lowest BCUT2D eigenvalue weighted by Crippen LogP contribution is -2.55. The van der Waals surface area contributed by atoms with Crippen molar-refractivity contribution in [2.75, 3.05) is 18.6 Å². The van der Waals surface area contributed by atoms with E-state index < -0.39 is 5.97 Å². The summed E-state index contributed by atoms with van der Waals surface area (Å²) in [5.41, 5.74) is 2.58. The van der Waals surface area contributed by atoms with E-state index in [1.807, 2.05) is 36.4 Å². The van der Waals surface area contributed by atoms with Gasteiger partial charge in [0.05, 0.1) is 25.7 Å². The zero-order chi connectivity index (χ0) is 24.1. The number of hydrogen-bond acceptors (Lipinski definition) is 4. The summed E-state index contributed by atoms with van der Waals surface area (Å²) in [5, 5.41) is 0.597. The van der Waals surface area contributed by atoms with E-state index in [9.17, 15) is 14.0 Å². The number of rotatable bonds is 8. The van der Waals surface area contributed by atoms with Crippen molar-refractivity contribution in [3.63, 3.8) is 0 Å². The Balaban J connectivity index is 1.52. The average molecular weight is 480 g/mol. The lowest BCUT2D eigenvalue weighted by atomic mass is 9.79. The topological polar surface area (TPSA) is 55.8 Å². The number of ether oxygens (including phenoxy) is 2. The first-order chi connectivity index (χ1) is 16.5. The molecule has 174 valence electrons. The third kappa shape index (κ3) is 5.29. The maximum absolute atomic E-state index is 13.1. The highest BCUT2D eigenvalue weighted by molar-refractivity contribution is 6.30. The van der Waals surface area contributed by atoms with Crippen molar-refractivity contribution >= 4 is 35.2 Å². The van der Waals surface area contributed by atoms with Gasteiger partial charge in [0.15, 0.2) is 0 Å². The quantitative estimate of drug-likeness (QED) is 0.231. The molecule has 0 aromatic heterocycles. The van der Waals surface area contributed by atoms with Gasteiger partial charge in [-0.3, -0.25) is 4.79 Å². The number of methoxy groups -OCH3 is 1. The third-order valence-corrected chi connectivity index (χ3v) is 5.97. The fraction of sp³-hybridized carbons (Fsp3) is 0.185. The van der Waals surface area contributed by atoms with E-state index in [0.29, 0.717) is 23.8 Å². The minimum Gasteiger partial charge on any atom is -0.494 e. The summed E-state index contributed by atoms with van der Waals surface area (Å²) >= 11 is 6.03. The van der Waals surface area contributed by atoms with Crippen LogP contribution in [0, 0.1) is 11.7 Å². The molecule has 7 heteroatoms. The molecule has 3 aromatic rings. The van der Waals surface area contributed by atoms with Crippen LogP contribution >= 0.6 is 11.6 Å². The second kappa shape index (κ2) is 10.5. The van der Waals surface area contributed by atoms with Crippen LogP contribution in [0.25, 0.3) is 6.08 Å². The monoisotopic (exact) mass is 479 g/mol. The van der Waals surface area contributed by atoms with Gasteiger partial charge in [0.1, 0.15) is 11.6 Å². The molecule has 1 saturated heterocycles. The smallest absolute Gasteiger partial charge is 0.330 e. The van der Waals surface area contributed by atoms with Crippen LogP contribution in [0.1, 0.15) is 23.6 Å². The molecule has 1 amide bonds. The molecular weight excluding hydrogens is 457 g/mol. The normalized spacial score (nSPS) is 17.5. The first kappa shape index (κ1) is 23.5. The summed E-state index contributed by atoms with van der Waals surface area (Å²) in [6.07, 6.45) is 3.54. The molecule has 0 bridgehead atoms. The molecule has 2 unspecified atom stereocenters. The number of nitrogens with zero attached hydrogens (tertiary/aromatic N) is 1. The van der Waals surface area contributed by atoms with Gasteiger partial charge in [-0.05, 0) is 72.2 Å². The fourth-order valence-corrected chi connectivity index (χ4v) is 4.10. The molecule has 4 rings (SSSR count). The predicted molar refractivity (Wildman–Crippen MR) is 129 cm³/mol. The van der Waals surface area contributed by atoms with E-state index >= 15 is 0 Å². The Morgan fingerprint density at radius 3 is 2.35 bits per heavy atom. The van der Waals surface area contributed by atoms with Crippen LogP contribution in [-0.4, -0.2) is 25.6 Å². The maximum atomic E-state index is 13.1. The van der Waals surface area contributed by atoms with Gasteiger partial charge in [0.25, 0.3) is 0 Å². The third-order valence-electron chi connectivity index (χ3n) is 5.72. The van der Waals surface area contributed by atoms with Crippen molar-refractivity contribution < 1.29 is 23.5 Å². The molecule has 0 saturated carbocycles. The molecule has 0 aliphatic carbocycles. The van der Waals surface area contributed by atoms with Crippen LogP contribution in [0.3, 0.4) is 0 Å². The molecule has 0 spiro atoms. The highest BCUT2D eigenvalue weighted by atomic mass is 35.5. The largest absolute Gasteiger partial charge is 0.494 e. The number of halogens is 2. The second-order valence-corrected chi connectivity index (χ2v) is 8.29. The zero-order valence-electron chi connectivity index (χ0n) is 18.5. The van der Waals surface area contributed by atoms with Crippen molar-refractivity contribution in [1.82, 2.24) is 0 Å². The Morgan fingerprint density at radius 1 is 1.03 bits per heavy atom. The zero-order valence-corrected chi connectivity index (χ0v) is 19.2. The summed E-state index contributed by atoms with van der Waals surface area (Å²) in [5.74, 6) is -0.466. The number of carbonyl (C=O) groups excluding carboxylic acids is 2. The van der Waals surface area contributed by atoms with Gasteiger partial charge in [-0.15, -0.1) is 0 Å². The van der Waals surface area contributed by atoms with Crippen LogP contribution in [0.4, 0.5) is 10.1 Å². The standard InChI is InChI=1S/C27H23ClFNO4/c1-33-25(31)15-4-18-2-5-19(6-3-18)26-24(16-17-34-23-13-9-21(29)10-14-23)27(32)30(26)22-11-7-20(28)8-12-22/h2-15,24,26H,16-17H2,1H3. The van der Waals surface area contributed by atoms with E-state index in [-0.39, 0.29) is 23.7 Å². The number of esters is 1. The fourth-order valence-electron chi connectivity index (χ4n) is 3.97. The minimum atomic E-state index is -0.427. The molecule has 5 nitrogen and oxygen atoms in total. The van der Waals surface area contributed by atoms with Gasteiger partial charge in [0, 0.05) is 16.8 Å². The number of benzene rings is 3. The van der Waals surface area contributed by atoms with Gasteiger partial charge in [0.2, 0.25) is 5.91 Å². The first-order valence-corrected chi connectivity index (χ1v) is 11.2. The summed E-state index contributed by atoms with van der Waals surface area (Å²) in [7, 11) is 1.33. The van der Waals surface area contributed by atoms with Crippen molar-refractivity contribution in [2.45, 2.75) is 12.5 Å². The number of carbonyl (C=O) groups is 2. The van der Waals surface area contributed by atoms with Gasteiger partial charge in [-0.2, -0.15) is 0 Å². The van der Waals surface area contributed by atoms with E-state index in [1.54, 1.807) is 35.2 Å². The number of β-lactam (4-membered cyclic amide) rings is 1. The van der Waals surface area contributed by atoms with Crippen molar-refractivity contribution in [3.05, 3.63) is 101 Å². The molecule has 1 fully saturated rings. The molecule has 0 radical (unpaired) electrons. The summed E-state index contributed by atoms with van der Waals surface area (Å²) in [6, 6.07) is 20.5. The second-order valence-electron chi connectivity index (χ2n) is 7.85. The van der Waals surface area contributed by atoms with Crippen LogP contribution < -0.4 is 9.64 Å². The predicted octanol–water partition coefficient (Wildman–Crippen LogP) is 5.84. The molecule has 3 aromatic carbocycles. The van der Waals surface area contributed by atoms with Crippen molar-refractivity contribution in [1.29, 1.82) is 0 Å². The van der Waals surface area contributed by atoms with Crippen LogP contribution in [-0.2, 0) is 14.3 Å². The van der Waals surface area contributed by atoms with Crippen LogP contribution in [0.5, 0.6) is 5.75 Å². The average Bonchev–Trinajstić information content (AvgIpc) is 2.86. The SMILES string of the molecule is COC(=O)C=Cc1ccc(C2C(CCOc3ccc(F)cc3)C(=O)N2c2ccc(Cl)cc2)cc1. The summed E-state index contributed by atoms with van der Waals surface area (Å²) < 4.78 is 23.5. The van der Waals surface area contributed by atoms with Crippen LogP contribution in [0.15, 0.2) is 78.9 Å². The maximum Gasteiger partial charge on any atom is 0.330 e. The first-order valence-electron chi connectivity index (χ1n) is 10.8. The van der Waals surface area contributed by atoms with E-state index in [1.165, 1.54) is 25.3 Å². The van der Waals surface area contributed by atoms with Gasteiger partial charge < -0.3 is 14.4 Å². The van der Waals surface area contributed by atoms with E-state index in [0.717, 1.165) is 16.8 Å². The summed E-state index contributed by atoms with van der Waals surface area (Å²) in [4.78, 5) is 26.2. The Bertz CT molecular complexity index is 1180. The minimum absolute atomic E-state index is 0.00434. The van der Waals surface area contributed by atoms with E-state index in [2.05, 4.69) is 4.74 Å².